The van der Waals surface area contributed by atoms with E-state index in [9.17, 15) is 15.8 Å². The van der Waals surface area contributed by atoms with Gasteiger partial charge >= 0.3 is 0 Å². The molecule has 12 aromatic rings. The molecule has 0 bridgehead atoms. The van der Waals surface area contributed by atoms with Crippen LogP contribution in [-0.4, -0.2) is 9.13 Å². The van der Waals surface area contributed by atoms with Crippen LogP contribution in [0.5, 0.6) is 0 Å². The summed E-state index contributed by atoms with van der Waals surface area (Å²) in [5, 5.41) is 37.0. The van der Waals surface area contributed by atoms with Crippen molar-refractivity contribution in [2.24, 2.45) is 0 Å². The number of nitrogens with zero attached hydrogens (tertiary/aromatic N) is 5. The highest BCUT2D eigenvalue weighted by Gasteiger charge is 2.26. The van der Waals surface area contributed by atoms with E-state index in [0.717, 1.165) is 105 Å². The number of hydrogen-bond acceptors (Lipinski definition) is 3. The summed E-state index contributed by atoms with van der Waals surface area (Å²) in [5.74, 6) is 0. The molecule has 0 atom stereocenters. The third-order valence-electron chi connectivity index (χ3n) is 14.9. The number of hydrogen-bond donors (Lipinski definition) is 0. The molecule has 0 saturated heterocycles. The van der Waals surface area contributed by atoms with Gasteiger partial charge in [-0.15, -0.1) is 0 Å². The number of rotatable bonds is 7. The molecule has 0 spiro atoms. The zero-order chi connectivity index (χ0) is 52.7. The van der Waals surface area contributed by atoms with Gasteiger partial charge in [0.25, 0.3) is 0 Å². The first-order valence-electron chi connectivity index (χ1n) is 25.8. The summed E-state index contributed by atoms with van der Waals surface area (Å²) in [7, 11) is 0. The monoisotopic (exact) mass is 975 g/mol. The molecule has 0 unspecified atom stereocenters. The van der Waals surface area contributed by atoms with Crippen LogP contribution in [0.2, 0.25) is 0 Å². The molecule has 0 amide bonds. The Bertz CT molecular complexity index is 4010. The Labute approximate surface area is 444 Å². The quantitative estimate of drug-likeness (QED) is 0.160. The van der Waals surface area contributed by atoms with Gasteiger partial charge in [0.15, 0.2) is 0 Å². The zero-order valence-electron chi connectivity index (χ0n) is 44.0. The molecule has 2 aromatic heterocycles. The highest BCUT2D eigenvalue weighted by molar-refractivity contribution is 6.14. The van der Waals surface area contributed by atoms with E-state index in [1.165, 1.54) is 44.5 Å². The lowest BCUT2D eigenvalue weighted by Gasteiger charge is -2.22. The van der Waals surface area contributed by atoms with E-state index in [2.05, 4.69) is 228 Å². The number of benzene rings is 10. The van der Waals surface area contributed by atoms with Gasteiger partial charge in [0.2, 0.25) is 0 Å². The first-order valence-corrected chi connectivity index (χ1v) is 25.8. The van der Waals surface area contributed by atoms with Gasteiger partial charge in [-0.25, -0.2) is 0 Å². The molecule has 12 rings (SSSR count). The summed E-state index contributed by atoms with van der Waals surface area (Å²) in [4.78, 5) is 0. The molecule has 0 saturated carbocycles. The molecule has 0 aliphatic carbocycles. The molecule has 0 radical (unpaired) electrons. The maximum absolute atomic E-state index is 11.4. The lowest BCUT2D eigenvalue weighted by Crippen LogP contribution is -2.06. The fraction of sp³-hybridized carbons (Fsp3) is 0.113. The Hall–Kier alpha value is -9.73. The van der Waals surface area contributed by atoms with Crippen LogP contribution in [-0.2, 0) is 0 Å². The van der Waals surface area contributed by atoms with Crippen molar-refractivity contribution < 1.29 is 0 Å². The van der Waals surface area contributed by atoms with Crippen LogP contribution in [0.15, 0.2) is 176 Å². The second-order valence-electron chi connectivity index (χ2n) is 21.1. The summed E-state index contributed by atoms with van der Waals surface area (Å²) in [6, 6.07) is 70.3. The van der Waals surface area contributed by atoms with Crippen LogP contribution in [0.3, 0.4) is 0 Å². The maximum Gasteiger partial charge on any atom is 0.0993 e. The fourth-order valence-corrected chi connectivity index (χ4v) is 12.1. The van der Waals surface area contributed by atoms with Gasteiger partial charge in [0, 0.05) is 27.1 Å². The smallest absolute Gasteiger partial charge is 0.0993 e. The van der Waals surface area contributed by atoms with E-state index in [1.54, 1.807) is 6.07 Å². The normalized spacial score (nSPS) is 11.4. The van der Waals surface area contributed by atoms with Gasteiger partial charge in [-0.05, 0) is 160 Å². The van der Waals surface area contributed by atoms with Gasteiger partial charge in [0.1, 0.15) is 0 Å². The van der Waals surface area contributed by atoms with E-state index in [-0.39, 0.29) is 0 Å². The van der Waals surface area contributed by atoms with Crippen LogP contribution in [0.1, 0.15) is 61.2 Å². The summed E-state index contributed by atoms with van der Waals surface area (Å²) in [6.45, 7) is 17.1. The third kappa shape index (κ3) is 8.28. The Morgan fingerprint density at radius 2 is 0.500 bits per heavy atom. The van der Waals surface area contributed by atoms with Crippen LogP contribution in [0, 0.1) is 89.4 Å². The van der Waals surface area contributed by atoms with Gasteiger partial charge < -0.3 is 9.13 Å². The first-order chi connectivity index (χ1) is 36.7. The predicted octanol–water partition coefficient (Wildman–Crippen LogP) is 18.3. The molecule has 0 N–H and O–H groups in total. The molecular formula is C71H53N5. The molecule has 5 nitrogen and oxygen atoms in total. The Kier molecular flexibility index (Phi) is 11.4. The summed E-state index contributed by atoms with van der Waals surface area (Å²) < 4.78 is 4.65. The number of aromatic nitrogens is 2. The average molecular weight is 976 g/mol. The first kappa shape index (κ1) is 47.3. The van der Waals surface area contributed by atoms with Crippen LogP contribution in [0.25, 0.3) is 111 Å². The molecule has 5 heteroatoms. The Morgan fingerprint density at radius 1 is 0.250 bits per heavy atom. The minimum absolute atomic E-state index is 0.364. The Morgan fingerprint density at radius 3 is 0.750 bits per heavy atom. The van der Waals surface area contributed by atoms with Crippen LogP contribution in [0.4, 0.5) is 0 Å². The number of fused-ring (bicyclic) bond motifs is 6. The molecule has 10 aromatic carbocycles. The highest BCUT2D eigenvalue weighted by atomic mass is 15.0. The molecular weight excluding hydrogens is 923 g/mol. The molecule has 0 aliphatic rings. The number of aryl methyl sites for hydroxylation is 8. The van der Waals surface area contributed by atoms with Crippen LogP contribution < -0.4 is 0 Å². The average Bonchev–Trinajstić information content (AvgIpc) is 4.13. The van der Waals surface area contributed by atoms with E-state index >= 15 is 0 Å². The van der Waals surface area contributed by atoms with E-state index in [1.807, 2.05) is 24.3 Å². The van der Waals surface area contributed by atoms with Gasteiger partial charge in [-0.3, -0.25) is 0 Å². The molecule has 0 fully saturated rings. The minimum Gasteiger partial charge on any atom is -0.308 e. The van der Waals surface area contributed by atoms with Gasteiger partial charge in [-0.1, -0.05) is 166 Å². The van der Waals surface area contributed by atoms with Crippen molar-refractivity contribution in [2.45, 2.75) is 55.4 Å². The van der Waals surface area contributed by atoms with Crippen LogP contribution >= 0.6 is 0 Å². The standard InChI is InChI=1S/C71H53N5/c1-41-17-42(2)22-56(21-41)52-9-13-61-62-14-10-53(57-23-43(3)18-44(4)24-57)35-66(62)75(65(61)34-52)69-32-51(40-74)33-70(71(69)60-30-49(38-72)29-50(31-60)39-73)76-67-36-54(58-25-45(5)19-46(6)26-58)11-15-63(67)64-16-12-55(37-68(64)76)59-27-47(7)20-48(8)28-59/h9-37H,1-8H3. The van der Waals surface area contributed by atoms with E-state index in [4.69, 9.17) is 0 Å². The fourth-order valence-electron chi connectivity index (χ4n) is 12.1. The van der Waals surface area contributed by atoms with Crippen molar-refractivity contribution in [1.82, 2.24) is 9.13 Å². The summed E-state index contributed by atoms with van der Waals surface area (Å²) in [5.41, 5.74) is 26.1. The maximum atomic E-state index is 11.4. The van der Waals surface area contributed by atoms with Crippen molar-refractivity contribution in [3.63, 3.8) is 0 Å². The van der Waals surface area contributed by atoms with E-state index in [0.29, 0.717) is 22.3 Å². The summed E-state index contributed by atoms with van der Waals surface area (Å²) in [6.07, 6.45) is 0. The predicted molar refractivity (Wildman–Crippen MR) is 314 cm³/mol. The molecule has 76 heavy (non-hydrogen) atoms. The molecule has 2 heterocycles. The van der Waals surface area contributed by atoms with Crippen molar-refractivity contribution >= 4 is 43.6 Å². The third-order valence-corrected chi connectivity index (χ3v) is 14.9. The second kappa shape index (κ2) is 18.3. The minimum atomic E-state index is 0.364. The molecule has 362 valence electrons. The largest absolute Gasteiger partial charge is 0.308 e. The lowest BCUT2D eigenvalue weighted by molar-refractivity contribution is 1.13. The molecule has 0 aliphatic heterocycles. The van der Waals surface area contributed by atoms with Crippen molar-refractivity contribution in [3.05, 3.63) is 237 Å². The SMILES string of the molecule is Cc1cc(C)cc(-c2ccc3c4ccc(-c5cc(C)cc(C)c5)cc4n(-c4cc(C#N)cc(-n5c6cc(-c7cc(C)cc(C)c7)ccc6c6ccc(-c7cc(C)cc(C)c7)cc65)c4-c4cc(C#N)cc(C#N)c4)c3c2)c1. The van der Waals surface area contributed by atoms with Crippen molar-refractivity contribution in [2.75, 3.05) is 0 Å². The second-order valence-corrected chi connectivity index (χ2v) is 21.1. The highest BCUT2D eigenvalue weighted by Crippen LogP contribution is 2.46. The van der Waals surface area contributed by atoms with Gasteiger partial charge in [-0.2, -0.15) is 15.8 Å². The van der Waals surface area contributed by atoms with Crippen molar-refractivity contribution in [3.8, 4) is 85.2 Å². The van der Waals surface area contributed by atoms with Gasteiger partial charge in [0.05, 0.1) is 68.3 Å². The zero-order valence-corrected chi connectivity index (χ0v) is 44.0. The Balaban J connectivity index is 1.28. The lowest BCUT2D eigenvalue weighted by atomic mass is 9.95. The van der Waals surface area contributed by atoms with E-state index < -0.39 is 0 Å². The summed E-state index contributed by atoms with van der Waals surface area (Å²) >= 11 is 0. The number of nitriles is 3. The van der Waals surface area contributed by atoms with Crippen molar-refractivity contribution in [1.29, 1.82) is 15.8 Å². The topological polar surface area (TPSA) is 81.2 Å².